The molecule has 0 amide bonds. The highest BCUT2D eigenvalue weighted by molar-refractivity contribution is 9.10. The summed E-state index contributed by atoms with van der Waals surface area (Å²) >= 11 is 3.72. The van der Waals surface area contributed by atoms with Crippen molar-refractivity contribution < 1.29 is 0 Å². The van der Waals surface area contributed by atoms with Crippen LogP contribution in [0.2, 0.25) is 0 Å². The Bertz CT molecular complexity index is 1170. The predicted octanol–water partition coefficient (Wildman–Crippen LogP) is 7.67. The molecule has 0 fully saturated rings. The first kappa shape index (κ1) is 24.4. The fraction of sp³-hybridized carbons (Fsp3) is 0.300. The number of hydrogen-bond acceptors (Lipinski definition) is 2. The van der Waals surface area contributed by atoms with E-state index in [1.165, 1.54) is 38.8 Å². The number of rotatable bonds is 11. The minimum Gasteiger partial charge on any atom is -0.327 e. The Hall–Kier alpha value is -2.69. The summed E-state index contributed by atoms with van der Waals surface area (Å²) in [5.41, 5.74) is 6.44. The quantitative estimate of drug-likeness (QED) is 0.204. The van der Waals surface area contributed by atoms with Gasteiger partial charge in [-0.15, -0.1) is 0 Å². The molecule has 4 heteroatoms. The van der Waals surface area contributed by atoms with E-state index in [4.69, 9.17) is 4.98 Å². The smallest absolute Gasteiger partial charge is 0.140 e. The Morgan fingerprint density at radius 1 is 0.882 bits per heavy atom. The molecule has 0 bridgehead atoms. The van der Waals surface area contributed by atoms with E-state index >= 15 is 0 Å². The van der Waals surface area contributed by atoms with Crippen LogP contribution in [0.25, 0.3) is 11.4 Å². The normalized spacial score (nSPS) is 11.3. The van der Waals surface area contributed by atoms with Crippen LogP contribution in [0.15, 0.2) is 89.5 Å². The molecule has 0 aliphatic carbocycles. The molecule has 4 aromatic rings. The summed E-state index contributed by atoms with van der Waals surface area (Å²) in [6.07, 6.45) is 5.43. The van der Waals surface area contributed by atoms with Crippen molar-refractivity contribution in [3.8, 4) is 11.4 Å². The zero-order chi connectivity index (χ0) is 23.8. The Balaban J connectivity index is 1.60. The second-order valence-electron chi connectivity index (χ2n) is 8.97. The van der Waals surface area contributed by atoms with Gasteiger partial charge in [-0.25, -0.2) is 4.98 Å². The van der Waals surface area contributed by atoms with Crippen LogP contribution in [0.4, 0.5) is 0 Å². The number of halogens is 1. The fourth-order valence-corrected chi connectivity index (χ4v) is 4.71. The van der Waals surface area contributed by atoms with Gasteiger partial charge >= 0.3 is 0 Å². The minimum absolute atomic E-state index is 0.877. The zero-order valence-electron chi connectivity index (χ0n) is 20.3. The number of unbranched alkanes of at least 4 members (excludes halogenated alkanes) is 1. The van der Waals surface area contributed by atoms with Gasteiger partial charge in [-0.2, -0.15) is 0 Å². The standard InChI is InChI=1S/C30H34BrN3/c1-3-4-18-34-28(21-32-30(34)27-13-9-6-10-14-27)23-33(19-17-25-11-7-5-8-12-25)22-26-16-15-24(2)29(31)20-26/h5-16,20-21H,3-4,17-19,22-23H2,1-2H3. The second kappa shape index (κ2) is 12.1. The molecule has 176 valence electrons. The van der Waals surface area contributed by atoms with Crippen LogP contribution in [-0.2, 0) is 26.1 Å². The second-order valence-corrected chi connectivity index (χ2v) is 9.83. The molecule has 1 heterocycles. The molecular formula is C30H34BrN3. The van der Waals surface area contributed by atoms with E-state index in [-0.39, 0.29) is 0 Å². The summed E-state index contributed by atoms with van der Waals surface area (Å²) in [5.74, 6) is 1.07. The van der Waals surface area contributed by atoms with Crippen molar-refractivity contribution in [2.75, 3.05) is 6.54 Å². The lowest BCUT2D eigenvalue weighted by atomic mass is 10.1. The van der Waals surface area contributed by atoms with Crippen LogP contribution in [0.5, 0.6) is 0 Å². The van der Waals surface area contributed by atoms with Crippen LogP contribution < -0.4 is 0 Å². The highest BCUT2D eigenvalue weighted by Crippen LogP contribution is 2.23. The van der Waals surface area contributed by atoms with Crippen LogP contribution in [-0.4, -0.2) is 21.0 Å². The third kappa shape index (κ3) is 6.46. The van der Waals surface area contributed by atoms with Crippen LogP contribution in [0.1, 0.15) is 42.1 Å². The topological polar surface area (TPSA) is 21.1 Å². The molecule has 0 N–H and O–H groups in total. The average Bonchev–Trinajstić information content (AvgIpc) is 3.26. The van der Waals surface area contributed by atoms with Crippen molar-refractivity contribution >= 4 is 15.9 Å². The maximum Gasteiger partial charge on any atom is 0.140 e. The SMILES string of the molecule is CCCCn1c(CN(CCc2ccccc2)Cc2ccc(C)c(Br)c2)cnc1-c1ccccc1. The van der Waals surface area contributed by atoms with Gasteiger partial charge in [-0.3, -0.25) is 4.90 Å². The third-order valence-electron chi connectivity index (χ3n) is 6.29. The van der Waals surface area contributed by atoms with E-state index in [1.54, 1.807) is 0 Å². The Kier molecular flexibility index (Phi) is 8.73. The summed E-state index contributed by atoms with van der Waals surface area (Å²) < 4.78 is 3.60. The van der Waals surface area contributed by atoms with Crippen LogP contribution in [0.3, 0.4) is 0 Å². The molecule has 4 rings (SSSR count). The Morgan fingerprint density at radius 2 is 1.62 bits per heavy atom. The van der Waals surface area contributed by atoms with E-state index in [1.807, 2.05) is 0 Å². The number of imidazole rings is 1. The van der Waals surface area contributed by atoms with E-state index in [0.29, 0.717) is 0 Å². The molecule has 0 spiro atoms. The minimum atomic E-state index is 0.877. The van der Waals surface area contributed by atoms with Gasteiger partial charge in [0.15, 0.2) is 0 Å². The first-order chi connectivity index (χ1) is 16.6. The molecule has 1 aromatic heterocycles. The van der Waals surface area contributed by atoms with Crippen molar-refractivity contribution in [2.45, 2.75) is 52.7 Å². The van der Waals surface area contributed by atoms with Crippen molar-refractivity contribution in [2.24, 2.45) is 0 Å². The van der Waals surface area contributed by atoms with Crippen LogP contribution in [0, 0.1) is 6.92 Å². The van der Waals surface area contributed by atoms with Crippen molar-refractivity contribution in [1.82, 2.24) is 14.5 Å². The van der Waals surface area contributed by atoms with E-state index < -0.39 is 0 Å². The monoisotopic (exact) mass is 515 g/mol. The van der Waals surface area contributed by atoms with Gasteiger partial charge in [0, 0.05) is 36.2 Å². The molecule has 0 unspecified atom stereocenters. The molecule has 3 nitrogen and oxygen atoms in total. The number of aromatic nitrogens is 2. The van der Waals surface area contributed by atoms with Gasteiger partial charge < -0.3 is 4.57 Å². The summed E-state index contributed by atoms with van der Waals surface area (Å²) in [6, 6.07) is 28.1. The van der Waals surface area contributed by atoms with Gasteiger partial charge in [-0.05, 0) is 42.5 Å². The van der Waals surface area contributed by atoms with Crippen molar-refractivity contribution in [3.05, 3.63) is 112 Å². The summed E-state index contributed by atoms with van der Waals surface area (Å²) in [4.78, 5) is 7.43. The fourth-order valence-electron chi connectivity index (χ4n) is 4.29. The van der Waals surface area contributed by atoms with E-state index in [9.17, 15) is 0 Å². The molecule has 0 saturated carbocycles. The first-order valence-electron chi connectivity index (χ1n) is 12.2. The van der Waals surface area contributed by atoms with Crippen molar-refractivity contribution in [1.29, 1.82) is 0 Å². The van der Waals surface area contributed by atoms with Gasteiger partial charge in [0.25, 0.3) is 0 Å². The molecule has 0 radical (unpaired) electrons. The lowest BCUT2D eigenvalue weighted by Gasteiger charge is -2.24. The Labute approximate surface area is 212 Å². The molecule has 34 heavy (non-hydrogen) atoms. The molecule has 0 saturated heterocycles. The summed E-state index contributed by atoms with van der Waals surface area (Å²) in [6.45, 7) is 8.17. The van der Waals surface area contributed by atoms with Gasteiger partial charge in [0.2, 0.25) is 0 Å². The molecule has 0 aliphatic heterocycles. The largest absolute Gasteiger partial charge is 0.327 e. The maximum absolute atomic E-state index is 4.87. The van der Waals surface area contributed by atoms with E-state index in [0.717, 1.165) is 44.8 Å². The molecule has 0 atom stereocenters. The van der Waals surface area contributed by atoms with E-state index in [2.05, 4.69) is 124 Å². The van der Waals surface area contributed by atoms with Crippen molar-refractivity contribution in [3.63, 3.8) is 0 Å². The van der Waals surface area contributed by atoms with Gasteiger partial charge in [-0.1, -0.05) is 102 Å². The van der Waals surface area contributed by atoms with Gasteiger partial charge in [0.1, 0.15) is 5.82 Å². The molecule has 3 aromatic carbocycles. The number of aryl methyl sites for hydroxylation is 1. The highest BCUT2D eigenvalue weighted by Gasteiger charge is 2.16. The zero-order valence-corrected chi connectivity index (χ0v) is 21.8. The first-order valence-corrected chi connectivity index (χ1v) is 13.0. The average molecular weight is 517 g/mol. The van der Waals surface area contributed by atoms with Gasteiger partial charge in [0.05, 0.1) is 11.9 Å². The summed E-state index contributed by atoms with van der Waals surface area (Å²) in [7, 11) is 0. The number of benzene rings is 3. The predicted molar refractivity (Wildman–Crippen MR) is 146 cm³/mol. The lowest BCUT2D eigenvalue weighted by Crippen LogP contribution is -2.27. The summed E-state index contributed by atoms with van der Waals surface area (Å²) in [5, 5.41) is 0. The maximum atomic E-state index is 4.87. The third-order valence-corrected chi connectivity index (χ3v) is 7.15. The van der Waals surface area contributed by atoms with Crippen LogP contribution >= 0.6 is 15.9 Å². The number of nitrogens with zero attached hydrogens (tertiary/aromatic N) is 3. The lowest BCUT2D eigenvalue weighted by molar-refractivity contribution is 0.253. The Morgan fingerprint density at radius 3 is 2.32 bits per heavy atom. The number of hydrogen-bond donors (Lipinski definition) is 0. The highest BCUT2D eigenvalue weighted by atomic mass is 79.9. The molecule has 0 aliphatic rings. The molecular weight excluding hydrogens is 482 g/mol.